The van der Waals surface area contributed by atoms with Gasteiger partial charge in [-0.05, 0) is 51.6 Å². The van der Waals surface area contributed by atoms with Crippen molar-refractivity contribution < 1.29 is 5.11 Å². The van der Waals surface area contributed by atoms with Gasteiger partial charge in [-0.3, -0.25) is 0 Å². The Bertz CT molecular complexity index is 359. The van der Waals surface area contributed by atoms with Gasteiger partial charge in [0.05, 0.1) is 6.10 Å². The number of hydrogen-bond acceptors (Lipinski definition) is 2. The maximum Gasteiger partial charge on any atom is 0.0622 e. The molecule has 1 aliphatic carbocycles. The first-order valence-electron chi connectivity index (χ1n) is 5.90. The zero-order valence-corrected chi connectivity index (χ0v) is 12.3. The summed E-state index contributed by atoms with van der Waals surface area (Å²) in [7, 11) is 0. The van der Waals surface area contributed by atoms with E-state index in [1.54, 1.807) is 11.3 Å². The second-order valence-electron chi connectivity index (χ2n) is 5.45. The van der Waals surface area contributed by atoms with Crippen LogP contribution in [0.3, 0.4) is 0 Å². The van der Waals surface area contributed by atoms with E-state index in [0.717, 1.165) is 10.9 Å². The molecule has 1 heterocycles. The monoisotopic (exact) mass is 302 g/mol. The molecule has 90 valence electrons. The Morgan fingerprint density at radius 2 is 2.38 bits per heavy atom. The summed E-state index contributed by atoms with van der Waals surface area (Å²) in [5.41, 5.74) is 0.309. The molecule has 2 rings (SSSR count). The number of hydrogen-bond donors (Lipinski definition) is 1. The van der Waals surface area contributed by atoms with Gasteiger partial charge in [0.15, 0.2) is 0 Å². The van der Waals surface area contributed by atoms with E-state index in [9.17, 15) is 5.11 Å². The molecule has 1 nitrogen and oxygen atoms in total. The van der Waals surface area contributed by atoms with Crippen molar-refractivity contribution in [1.29, 1.82) is 0 Å². The summed E-state index contributed by atoms with van der Waals surface area (Å²) in [5.74, 6) is 0.460. The van der Waals surface area contributed by atoms with Crippen LogP contribution >= 0.6 is 27.3 Å². The quantitative estimate of drug-likeness (QED) is 0.885. The Kier molecular flexibility index (Phi) is 3.77. The lowest BCUT2D eigenvalue weighted by Gasteiger charge is -2.31. The van der Waals surface area contributed by atoms with E-state index >= 15 is 0 Å². The predicted octanol–water partition coefficient (Wildman–Crippen LogP) is 4.24. The van der Waals surface area contributed by atoms with Gasteiger partial charge in [0.2, 0.25) is 0 Å². The Morgan fingerprint density at radius 3 is 2.88 bits per heavy atom. The Hall–Kier alpha value is 0.140. The van der Waals surface area contributed by atoms with Crippen LogP contribution < -0.4 is 0 Å². The van der Waals surface area contributed by atoms with Crippen LogP contribution in [0, 0.1) is 11.3 Å². The van der Waals surface area contributed by atoms with Gasteiger partial charge in [0, 0.05) is 15.8 Å². The van der Waals surface area contributed by atoms with E-state index in [1.165, 1.54) is 24.1 Å². The van der Waals surface area contributed by atoms with Crippen molar-refractivity contribution in [3.63, 3.8) is 0 Å². The summed E-state index contributed by atoms with van der Waals surface area (Å²) in [6.45, 7) is 4.58. The molecule has 0 radical (unpaired) electrons. The highest BCUT2D eigenvalue weighted by Gasteiger charge is 2.38. The van der Waals surface area contributed by atoms with Gasteiger partial charge in [0.25, 0.3) is 0 Å². The van der Waals surface area contributed by atoms with Crippen LogP contribution in [0.4, 0.5) is 0 Å². The molecule has 1 aromatic rings. The molecule has 0 bridgehead atoms. The minimum absolute atomic E-state index is 0.188. The molecule has 1 aliphatic rings. The van der Waals surface area contributed by atoms with Crippen molar-refractivity contribution in [3.8, 4) is 0 Å². The fraction of sp³-hybridized carbons (Fsp3) is 0.692. The number of thiophene rings is 1. The third-order valence-electron chi connectivity index (χ3n) is 3.89. The summed E-state index contributed by atoms with van der Waals surface area (Å²) >= 11 is 5.26. The van der Waals surface area contributed by atoms with Crippen molar-refractivity contribution in [2.75, 3.05) is 0 Å². The Labute approximate surface area is 110 Å². The molecule has 0 spiro atoms. The largest absolute Gasteiger partial charge is 0.392 e. The molecule has 2 atom stereocenters. The molecule has 2 unspecified atom stereocenters. The number of aliphatic hydroxyl groups is 1. The predicted molar refractivity (Wildman–Crippen MR) is 72.9 cm³/mol. The third-order valence-corrected chi connectivity index (χ3v) is 5.84. The molecule has 1 fully saturated rings. The average molecular weight is 303 g/mol. The van der Waals surface area contributed by atoms with Crippen molar-refractivity contribution in [1.82, 2.24) is 0 Å². The lowest BCUT2D eigenvalue weighted by atomic mass is 9.78. The first-order chi connectivity index (χ1) is 7.50. The van der Waals surface area contributed by atoms with Gasteiger partial charge in [0.1, 0.15) is 0 Å². The van der Waals surface area contributed by atoms with Crippen LogP contribution in [0.15, 0.2) is 15.9 Å². The molecule has 0 amide bonds. The molecular formula is C13H19BrOS. The van der Waals surface area contributed by atoms with Crippen molar-refractivity contribution in [2.45, 2.75) is 45.6 Å². The number of rotatable bonds is 3. The molecule has 1 N–H and O–H groups in total. The van der Waals surface area contributed by atoms with Crippen LogP contribution in [0.2, 0.25) is 0 Å². The van der Waals surface area contributed by atoms with Crippen LogP contribution in [0.1, 0.15) is 38.0 Å². The molecule has 0 aromatic carbocycles. The fourth-order valence-corrected chi connectivity index (χ4v) is 4.44. The number of halogens is 1. The third kappa shape index (κ3) is 2.52. The number of aliphatic hydroxyl groups excluding tert-OH is 1. The van der Waals surface area contributed by atoms with Gasteiger partial charge in [-0.25, -0.2) is 0 Å². The van der Waals surface area contributed by atoms with Crippen LogP contribution in [0.25, 0.3) is 0 Å². The van der Waals surface area contributed by atoms with Gasteiger partial charge in [-0.15, -0.1) is 11.3 Å². The first kappa shape index (κ1) is 12.6. The SMILES string of the molecule is CC1(C)CCCC1C(O)Cc1sccc1Br. The van der Waals surface area contributed by atoms with Crippen LogP contribution in [0.5, 0.6) is 0 Å². The minimum Gasteiger partial charge on any atom is -0.392 e. The molecule has 3 heteroatoms. The minimum atomic E-state index is -0.188. The van der Waals surface area contributed by atoms with Crippen molar-refractivity contribution in [2.24, 2.45) is 11.3 Å². The zero-order chi connectivity index (χ0) is 11.8. The lowest BCUT2D eigenvalue weighted by molar-refractivity contribution is 0.0547. The molecule has 0 saturated heterocycles. The van der Waals surface area contributed by atoms with Crippen molar-refractivity contribution >= 4 is 27.3 Å². The van der Waals surface area contributed by atoms with E-state index in [2.05, 4.69) is 41.2 Å². The second kappa shape index (κ2) is 4.79. The first-order valence-corrected chi connectivity index (χ1v) is 7.58. The highest BCUT2D eigenvalue weighted by Crippen LogP contribution is 2.45. The summed E-state index contributed by atoms with van der Waals surface area (Å²) in [6, 6.07) is 2.06. The molecule has 16 heavy (non-hydrogen) atoms. The summed E-state index contributed by atoms with van der Waals surface area (Å²) in [4.78, 5) is 1.27. The molecule has 1 saturated carbocycles. The standard InChI is InChI=1S/C13H19BrOS/c1-13(2)6-3-4-9(13)11(15)8-12-10(14)5-7-16-12/h5,7,9,11,15H,3-4,6,8H2,1-2H3. The van der Waals surface area contributed by atoms with E-state index in [0.29, 0.717) is 11.3 Å². The van der Waals surface area contributed by atoms with Gasteiger partial charge >= 0.3 is 0 Å². The van der Waals surface area contributed by atoms with Crippen LogP contribution in [-0.4, -0.2) is 11.2 Å². The Morgan fingerprint density at radius 1 is 1.62 bits per heavy atom. The van der Waals surface area contributed by atoms with E-state index in [4.69, 9.17) is 0 Å². The molecule has 1 aromatic heterocycles. The topological polar surface area (TPSA) is 20.2 Å². The van der Waals surface area contributed by atoms with E-state index in [1.807, 2.05) is 0 Å². The maximum absolute atomic E-state index is 10.4. The molecule has 0 aliphatic heterocycles. The lowest BCUT2D eigenvalue weighted by Crippen LogP contribution is -2.31. The van der Waals surface area contributed by atoms with E-state index < -0.39 is 0 Å². The zero-order valence-electron chi connectivity index (χ0n) is 9.87. The molecular weight excluding hydrogens is 284 g/mol. The van der Waals surface area contributed by atoms with Gasteiger partial charge in [-0.1, -0.05) is 20.3 Å². The summed E-state index contributed by atoms with van der Waals surface area (Å²) in [6.07, 6.45) is 4.30. The van der Waals surface area contributed by atoms with E-state index in [-0.39, 0.29) is 6.10 Å². The highest BCUT2D eigenvalue weighted by molar-refractivity contribution is 9.10. The van der Waals surface area contributed by atoms with Gasteiger partial charge in [-0.2, -0.15) is 0 Å². The highest BCUT2D eigenvalue weighted by atomic mass is 79.9. The summed E-state index contributed by atoms with van der Waals surface area (Å²) in [5, 5.41) is 12.4. The van der Waals surface area contributed by atoms with Crippen molar-refractivity contribution in [3.05, 3.63) is 20.8 Å². The smallest absolute Gasteiger partial charge is 0.0622 e. The average Bonchev–Trinajstić information content (AvgIpc) is 2.73. The maximum atomic E-state index is 10.4. The fourth-order valence-electron chi connectivity index (χ4n) is 2.87. The Balaban J connectivity index is 2.03. The normalized spacial score (nSPS) is 25.9. The summed E-state index contributed by atoms with van der Waals surface area (Å²) < 4.78 is 1.15. The second-order valence-corrected chi connectivity index (χ2v) is 7.31. The van der Waals surface area contributed by atoms with Crippen LogP contribution in [-0.2, 0) is 6.42 Å². The van der Waals surface area contributed by atoms with Gasteiger partial charge < -0.3 is 5.11 Å².